The Balaban J connectivity index is 1.52. The topological polar surface area (TPSA) is 42.0 Å². The maximum absolute atomic E-state index is 13.5. The summed E-state index contributed by atoms with van der Waals surface area (Å²) in [7, 11) is 0. The summed E-state index contributed by atoms with van der Waals surface area (Å²) in [5.41, 5.74) is 3.46. The Hall–Kier alpha value is -2.53. The summed E-state index contributed by atoms with van der Waals surface area (Å²) in [6.07, 6.45) is 4.44. The minimum Gasteiger partial charge on any atom is -0.352 e. The van der Waals surface area contributed by atoms with Crippen molar-refractivity contribution >= 4 is 17.2 Å². The van der Waals surface area contributed by atoms with Crippen LogP contribution in [0.2, 0.25) is 0 Å². The lowest BCUT2D eigenvalue weighted by Crippen LogP contribution is -2.23. The van der Waals surface area contributed by atoms with E-state index in [1.807, 2.05) is 35.8 Å². The van der Waals surface area contributed by atoms with Gasteiger partial charge in [-0.2, -0.15) is 0 Å². The summed E-state index contributed by atoms with van der Waals surface area (Å²) in [5, 5.41) is 4.92. The van der Waals surface area contributed by atoms with E-state index in [1.165, 1.54) is 6.07 Å². The Kier molecular flexibility index (Phi) is 5.56. The number of nitrogens with zero attached hydrogens (tertiary/aromatic N) is 1. The second kappa shape index (κ2) is 8.03. The van der Waals surface area contributed by atoms with Crippen molar-refractivity contribution in [3.63, 3.8) is 0 Å². The molecule has 3 rings (SSSR count). The number of hydrogen-bond donors (Lipinski definition) is 1. The molecule has 0 atom stereocenters. The molecule has 0 unspecified atom stereocenters. The first kappa shape index (κ1) is 17.3. The van der Waals surface area contributed by atoms with Crippen LogP contribution in [0.5, 0.6) is 0 Å². The molecule has 2 aromatic heterocycles. The molecular weight excluding hydrogens is 335 g/mol. The van der Waals surface area contributed by atoms with E-state index in [2.05, 4.69) is 10.3 Å². The molecule has 1 N–H and O–H groups in total. The SMILES string of the molecule is Cc1ccc(CCC(=O)NCc2cncc(-c3cccs3)c2)cc1F. The molecule has 0 bridgehead atoms. The van der Waals surface area contributed by atoms with Crippen molar-refractivity contribution in [1.29, 1.82) is 0 Å². The lowest BCUT2D eigenvalue weighted by atomic mass is 10.1. The number of carbonyl (C=O) groups excluding carboxylic acids is 1. The van der Waals surface area contributed by atoms with Crippen LogP contribution in [0, 0.1) is 12.7 Å². The minimum atomic E-state index is -0.227. The molecule has 0 aliphatic heterocycles. The second-order valence-corrected chi connectivity index (χ2v) is 6.87. The van der Waals surface area contributed by atoms with Crippen molar-refractivity contribution in [3.8, 4) is 10.4 Å². The average molecular weight is 354 g/mol. The number of aryl methyl sites for hydroxylation is 2. The molecule has 5 heteroatoms. The Bertz CT molecular complexity index is 862. The lowest BCUT2D eigenvalue weighted by Gasteiger charge is -2.07. The molecule has 3 aromatic rings. The zero-order chi connectivity index (χ0) is 17.6. The Morgan fingerprint density at radius 1 is 1.20 bits per heavy atom. The molecule has 0 spiro atoms. The smallest absolute Gasteiger partial charge is 0.220 e. The van der Waals surface area contributed by atoms with Gasteiger partial charge in [-0.15, -0.1) is 11.3 Å². The maximum atomic E-state index is 13.5. The largest absolute Gasteiger partial charge is 0.352 e. The van der Waals surface area contributed by atoms with Gasteiger partial charge in [-0.3, -0.25) is 9.78 Å². The van der Waals surface area contributed by atoms with Crippen LogP contribution in [0.15, 0.2) is 54.2 Å². The van der Waals surface area contributed by atoms with Crippen LogP contribution in [-0.4, -0.2) is 10.9 Å². The van der Waals surface area contributed by atoms with E-state index in [4.69, 9.17) is 0 Å². The predicted molar refractivity (Wildman–Crippen MR) is 98.9 cm³/mol. The molecule has 0 aliphatic carbocycles. The summed E-state index contributed by atoms with van der Waals surface area (Å²) >= 11 is 1.66. The van der Waals surface area contributed by atoms with Gasteiger partial charge in [0.25, 0.3) is 0 Å². The molecular formula is C20H19FN2OS. The summed E-state index contributed by atoms with van der Waals surface area (Å²) in [6, 6.07) is 11.2. The Morgan fingerprint density at radius 3 is 2.84 bits per heavy atom. The first-order valence-corrected chi connectivity index (χ1v) is 8.99. The number of nitrogens with one attached hydrogen (secondary N) is 1. The van der Waals surface area contributed by atoms with Crippen LogP contribution in [0.3, 0.4) is 0 Å². The summed E-state index contributed by atoms with van der Waals surface area (Å²) < 4.78 is 13.5. The van der Waals surface area contributed by atoms with Gasteiger partial charge in [0.2, 0.25) is 5.91 Å². The van der Waals surface area contributed by atoms with Gasteiger partial charge in [0.1, 0.15) is 5.82 Å². The normalized spacial score (nSPS) is 10.6. The van der Waals surface area contributed by atoms with Crippen LogP contribution in [-0.2, 0) is 17.8 Å². The number of halogens is 1. The fraction of sp³-hybridized carbons (Fsp3) is 0.200. The number of rotatable bonds is 6. The van der Waals surface area contributed by atoms with Gasteiger partial charge in [0.15, 0.2) is 0 Å². The van der Waals surface area contributed by atoms with E-state index in [-0.39, 0.29) is 11.7 Å². The molecule has 0 saturated carbocycles. The van der Waals surface area contributed by atoms with Gasteiger partial charge in [0, 0.05) is 35.8 Å². The molecule has 128 valence electrons. The highest BCUT2D eigenvalue weighted by molar-refractivity contribution is 7.13. The Morgan fingerprint density at radius 2 is 2.08 bits per heavy atom. The van der Waals surface area contributed by atoms with Gasteiger partial charge in [-0.25, -0.2) is 4.39 Å². The number of hydrogen-bond acceptors (Lipinski definition) is 3. The first-order chi connectivity index (χ1) is 12.1. The third-order valence-corrected chi connectivity index (χ3v) is 4.89. The third-order valence-electron chi connectivity index (χ3n) is 3.97. The molecule has 2 heterocycles. The number of benzene rings is 1. The molecule has 25 heavy (non-hydrogen) atoms. The zero-order valence-corrected chi connectivity index (χ0v) is 14.8. The van der Waals surface area contributed by atoms with E-state index < -0.39 is 0 Å². The second-order valence-electron chi connectivity index (χ2n) is 5.92. The van der Waals surface area contributed by atoms with Gasteiger partial charge in [-0.1, -0.05) is 18.2 Å². The highest BCUT2D eigenvalue weighted by Gasteiger charge is 2.06. The number of thiophene rings is 1. The quantitative estimate of drug-likeness (QED) is 0.708. The van der Waals surface area contributed by atoms with Crippen molar-refractivity contribution in [2.24, 2.45) is 0 Å². The average Bonchev–Trinajstić information content (AvgIpc) is 3.16. The van der Waals surface area contributed by atoms with Crippen LogP contribution in [0.1, 0.15) is 23.1 Å². The standard InChI is InChI=1S/C20H19FN2OS/c1-14-4-5-15(10-18(14)21)6-7-20(24)23-12-16-9-17(13-22-11-16)19-3-2-8-25-19/h2-5,8-11,13H,6-7,12H2,1H3,(H,23,24). The number of amides is 1. The van der Waals surface area contributed by atoms with Crippen molar-refractivity contribution in [3.05, 3.63) is 76.7 Å². The Labute approximate surface area is 150 Å². The molecule has 3 nitrogen and oxygen atoms in total. The maximum Gasteiger partial charge on any atom is 0.220 e. The lowest BCUT2D eigenvalue weighted by molar-refractivity contribution is -0.121. The van der Waals surface area contributed by atoms with E-state index >= 15 is 0 Å². The summed E-state index contributed by atoms with van der Waals surface area (Å²) in [6.45, 7) is 2.16. The molecule has 1 aromatic carbocycles. The highest BCUT2D eigenvalue weighted by atomic mass is 32.1. The van der Waals surface area contributed by atoms with Crippen LogP contribution in [0.25, 0.3) is 10.4 Å². The first-order valence-electron chi connectivity index (χ1n) is 8.11. The highest BCUT2D eigenvalue weighted by Crippen LogP contribution is 2.24. The monoisotopic (exact) mass is 354 g/mol. The van der Waals surface area contributed by atoms with Crippen molar-refractivity contribution < 1.29 is 9.18 Å². The zero-order valence-electron chi connectivity index (χ0n) is 14.0. The minimum absolute atomic E-state index is 0.0532. The number of aromatic nitrogens is 1. The fourth-order valence-electron chi connectivity index (χ4n) is 2.50. The van der Waals surface area contributed by atoms with Crippen molar-refractivity contribution in [2.75, 3.05) is 0 Å². The third kappa shape index (κ3) is 4.73. The predicted octanol–water partition coefficient (Wildman–Crippen LogP) is 4.51. The van der Waals surface area contributed by atoms with Crippen LogP contribution < -0.4 is 5.32 Å². The van der Waals surface area contributed by atoms with Crippen LogP contribution in [0.4, 0.5) is 4.39 Å². The van der Waals surface area contributed by atoms with Gasteiger partial charge in [0.05, 0.1) is 0 Å². The summed E-state index contributed by atoms with van der Waals surface area (Å²) in [4.78, 5) is 17.4. The fourth-order valence-corrected chi connectivity index (χ4v) is 3.21. The van der Waals surface area contributed by atoms with Crippen LogP contribution >= 0.6 is 11.3 Å². The molecule has 0 radical (unpaired) electrons. The summed E-state index contributed by atoms with van der Waals surface area (Å²) in [5.74, 6) is -0.281. The van der Waals surface area contributed by atoms with E-state index in [1.54, 1.807) is 30.5 Å². The van der Waals surface area contributed by atoms with Gasteiger partial charge >= 0.3 is 0 Å². The number of carbonyl (C=O) groups is 1. The van der Waals surface area contributed by atoms with Gasteiger partial charge in [-0.05, 0) is 53.6 Å². The van der Waals surface area contributed by atoms with Crippen molar-refractivity contribution in [2.45, 2.75) is 26.3 Å². The van der Waals surface area contributed by atoms with E-state index in [0.717, 1.165) is 21.6 Å². The molecule has 0 saturated heterocycles. The van der Waals surface area contributed by atoms with Crippen molar-refractivity contribution in [1.82, 2.24) is 10.3 Å². The van der Waals surface area contributed by atoms with E-state index in [0.29, 0.717) is 24.9 Å². The molecule has 0 aliphatic rings. The number of pyridine rings is 1. The molecule has 0 fully saturated rings. The molecule has 1 amide bonds. The van der Waals surface area contributed by atoms with E-state index in [9.17, 15) is 9.18 Å². The van der Waals surface area contributed by atoms with Gasteiger partial charge < -0.3 is 5.32 Å².